The Hall–Kier alpha value is -0.500. The molecule has 0 amide bonds. The molecule has 66 valence electrons. The molecule has 0 spiro atoms. The molecule has 1 unspecified atom stereocenters. The Morgan fingerprint density at radius 1 is 1.55 bits per heavy atom. The van der Waals surface area contributed by atoms with E-state index in [-0.39, 0.29) is 0 Å². The average molecular weight is 157 g/mol. The molecule has 0 aromatic heterocycles. The molecule has 0 aliphatic carbocycles. The minimum atomic E-state index is 0.512. The normalized spacial score (nSPS) is 13.7. The van der Waals surface area contributed by atoms with Crippen LogP contribution in [0.3, 0.4) is 0 Å². The minimum Gasteiger partial charge on any atom is -0.389 e. The maximum atomic E-state index is 5.22. The minimum absolute atomic E-state index is 0.512. The van der Waals surface area contributed by atoms with Gasteiger partial charge >= 0.3 is 0 Å². The van der Waals surface area contributed by atoms with Crippen LogP contribution in [-0.2, 0) is 4.74 Å². The van der Waals surface area contributed by atoms with Crippen molar-refractivity contribution in [1.29, 1.82) is 0 Å². The molecule has 0 aliphatic rings. The SMILES string of the molecule is C/C=C/NC(C)CCOCC. The number of hydrogen-bond acceptors (Lipinski definition) is 2. The van der Waals surface area contributed by atoms with Gasteiger partial charge in [-0.2, -0.15) is 0 Å². The molecule has 0 bridgehead atoms. The summed E-state index contributed by atoms with van der Waals surface area (Å²) in [6.07, 6.45) is 5.03. The van der Waals surface area contributed by atoms with Crippen LogP contribution >= 0.6 is 0 Å². The zero-order valence-electron chi connectivity index (χ0n) is 7.76. The summed E-state index contributed by atoms with van der Waals surface area (Å²) >= 11 is 0. The van der Waals surface area contributed by atoms with Crippen molar-refractivity contribution in [3.05, 3.63) is 12.3 Å². The van der Waals surface area contributed by atoms with E-state index in [9.17, 15) is 0 Å². The fourth-order valence-electron chi connectivity index (χ4n) is 0.748. The quantitative estimate of drug-likeness (QED) is 0.595. The van der Waals surface area contributed by atoms with Crippen molar-refractivity contribution in [3.8, 4) is 0 Å². The smallest absolute Gasteiger partial charge is 0.0485 e. The van der Waals surface area contributed by atoms with E-state index >= 15 is 0 Å². The van der Waals surface area contributed by atoms with Crippen LogP contribution in [-0.4, -0.2) is 19.3 Å². The number of ether oxygens (including phenoxy) is 1. The number of hydrogen-bond donors (Lipinski definition) is 1. The predicted octanol–water partition coefficient (Wildman–Crippen LogP) is 1.92. The third kappa shape index (κ3) is 7.40. The highest BCUT2D eigenvalue weighted by Crippen LogP contribution is 1.90. The van der Waals surface area contributed by atoms with Crippen molar-refractivity contribution >= 4 is 0 Å². The van der Waals surface area contributed by atoms with E-state index in [2.05, 4.69) is 12.2 Å². The highest BCUT2D eigenvalue weighted by Gasteiger charge is 1.96. The lowest BCUT2D eigenvalue weighted by Crippen LogP contribution is -2.21. The summed E-state index contributed by atoms with van der Waals surface area (Å²) in [5.41, 5.74) is 0. The molecule has 0 heterocycles. The molecule has 11 heavy (non-hydrogen) atoms. The van der Waals surface area contributed by atoms with Gasteiger partial charge in [0, 0.05) is 19.3 Å². The first-order chi connectivity index (χ1) is 5.31. The van der Waals surface area contributed by atoms with Gasteiger partial charge in [-0.25, -0.2) is 0 Å². The van der Waals surface area contributed by atoms with Gasteiger partial charge < -0.3 is 10.1 Å². The molecule has 0 saturated heterocycles. The summed E-state index contributed by atoms with van der Waals surface area (Å²) < 4.78 is 5.22. The van der Waals surface area contributed by atoms with Gasteiger partial charge in [0.15, 0.2) is 0 Å². The maximum Gasteiger partial charge on any atom is 0.0485 e. The third-order valence-electron chi connectivity index (χ3n) is 1.45. The van der Waals surface area contributed by atoms with E-state index in [4.69, 9.17) is 4.74 Å². The largest absolute Gasteiger partial charge is 0.389 e. The molecule has 0 saturated carbocycles. The van der Waals surface area contributed by atoms with Gasteiger partial charge in [0.25, 0.3) is 0 Å². The lowest BCUT2D eigenvalue weighted by Gasteiger charge is -2.10. The molecule has 0 radical (unpaired) electrons. The van der Waals surface area contributed by atoms with Gasteiger partial charge in [0.2, 0.25) is 0 Å². The van der Waals surface area contributed by atoms with Crippen molar-refractivity contribution in [3.63, 3.8) is 0 Å². The molecule has 0 aromatic carbocycles. The molecular weight excluding hydrogens is 138 g/mol. The monoisotopic (exact) mass is 157 g/mol. The summed E-state index contributed by atoms with van der Waals surface area (Å²) in [7, 11) is 0. The Morgan fingerprint density at radius 3 is 2.82 bits per heavy atom. The van der Waals surface area contributed by atoms with Crippen LogP contribution in [0.1, 0.15) is 27.2 Å². The van der Waals surface area contributed by atoms with E-state index in [0.717, 1.165) is 19.6 Å². The molecule has 0 rings (SSSR count). The Balaban J connectivity index is 3.15. The fraction of sp³-hybridized carbons (Fsp3) is 0.778. The molecule has 0 aromatic rings. The summed E-state index contributed by atoms with van der Waals surface area (Å²) in [5.74, 6) is 0. The average Bonchev–Trinajstić information content (AvgIpc) is 2.01. The van der Waals surface area contributed by atoms with Crippen LogP contribution in [0.5, 0.6) is 0 Å². The van der Waals surface area contributed by atoms with Crippen LogP contribution in [0.25, 0.3) is 0 Å². The van der Waals surface area contributed by atoms with Gasteiger partial charge in [0.05, 0.1) is 0 Å². The molecule has 0 fully saturated rings. The topological polar surface area (TPSA) is 21.3 Å². The Morgan fingerprint density at radius 2 is 2.27 bits per heavy atom. The second kappa shape index (κ2) is 7.61. The van der Waals surface area contributed by atoms with Gasteiger partial charge in [-0.05, 0) is 33.4 Å². The molecule has 1 atom stereocenters. The summed E-state index contributed by atoms with van der Waals surface area (Å²) in [5, 5.41) is 3.23. The third-order valence-corrected chi connectivity index (χ3v) is 1.45. The van der Waals surface area contributed by atoms with E-state index in [1.54, 1.807) is 0 Å². The highest BCUT2D eigenvalue weighted by molar-refractivity contribution is 4.77. The fourth-order valence-corrected chi connectivity index (χ4v) is 0.748. The van der Waals surface area contributed by atoms with E-state index < -0.39 is 0 Å². The Kier molecular flexibility index (Phi) is 7.26. The molecule has 0 aliphatic heterocycles. The Labute approximate surface area is 69.6 Å². The zero-order chi connectivity index (χ0) is 8.53. The summed E-state index contributed by atoms with van der Waals surface area (Å²) in [6, 6.07) is 0.512. The maximum absolute atomic E-state index is 5.22. The van der Waals surface area contributed by atoms with E-state index in [1.807, 2.05) is 26.1 Å². The van der Waals surface area contributed by atoms with E-state index in [0.29, 0.717) is 6.04 Å². The second-order valence-corrected chi connectivity index (χ2v) is 2.55. The van der Waals surface area contributed by atoms with Crippen molar-refractivity contribution in [2.75, 3.05) is 13.2 Å². The number of nitrogens with one attached hydrogen (secondary N) is 1. The number of allylic oxidation sites excluding steroid dienone is 1. The van der Waals surface area contributed by atoms with Gasteiger partial charge in [0.1, 0.15) is 0 Å². The van der Waals surface area contributed by atoms with Gasteiger partial charge in [-0.15, -0.1) is 0 Å². The molecular formula is C9H19NO. The molecule has 2 nitrogen and oxygen atoms in total. The van der Waals surface area contributed by atoms with E-state index in [1.165, 1.54) is 0 Å². The van der Waals surface area contributed by atoms with Gasteiger partial charge in [-0.3, -0.25) is 0 Å². The summed E-state index contributed by atoms with van der Waals surface area (Å²) in [6.45, 7) is 7.84. The summed E-state index contributed by atoms with van der Waals surface area (Å²) in [4.78, 5) is 0. The zero-order valence-corrected chi connectivity index (χ0v) is 7.76. The standard InChI is InChI=1S/C9H19NO/c1-4-7-10-9(3)6-8-11-5-2/h4,7,9-10H,5-6,8H2,1-3H3/b7-4+. The molecule has 2 heteroatoms. The van der Waals surface area contributed by atoms with Crippen LogP contribution in [0.2, 0.25) is 0 Å². The first-order valence-corrected chi connectivity index (χ1v) is 4.26. The van der Waals surface area contributed by atoms with Crippen molar-refractivity contribution in [2.45, 2.75) is 33.2 Å². The lowest BCUT2D eigenvalue weighted by molar-refractivity contribution is 0.139. The Bertz CT molecular complexity index is 102. The second-order valence-electron chi connectivity index (χ2n) is 2.55. The first kappa shape index (κ1) is 10.5. The van der Waals surface area contributed by atoms with Crippen molar-refractivity contribution in [2.24, 2.45) is 0 Å². The van der Waals surface area contributed by atoms with Crippen LogP contribution in [0, 0.1) is 0 Å². The highest BCUT2D eigenvalue weighted by atomic mass is 16.5. The van der Waals surface area contributed by atoms with Crippen molar-refractivity contribution in [1.82, 2.24) is 5.32 Å². The predicted molar refractivity (Wildman–Crippen MR) is 48.5 cm³/mol. The number of rotatable bonds is 6. The van der Waals surface area contributed by atoms with Crippen LogP contribution in [0.4, 0.5) is 0 Å². The van der Waals surface area contributed by atoms with Gasteiger partial charge in [-0.1, -0.05) is 6.08 Å². The van der Waals surface area contributed by atoms with Crippen LogP contribution < -0.4 is 5.32 Å². The van der Waals surface area contributed by atoms with Crippen molar-refractivity contribution < 1.29 is 4.74 Å². The molecule has 1 N–H and O–H groups in total. The van der Waals surface area contributed by atoms with Crippen LogP contribution in [0.15, 0.2) is 12.3 Å². The lowest BCUT2D eigenvalue weighted by atomic mass is 10.2. The first-order valence-electron chi connectivity index (χ1n) is 4.26.